The molecule has 1 aliphatic rings. The number of piperidine rings is 1. The fourth-order valence-electron chi connectivity index (χ4n) is 2.06. The summed E-state index contributed by atoms with van der Waals surface area (Å²) in [6.07, 6.45) is 3.19. The second-order valence-corrected chi connectivity index (χ2v) is 4.89. The Morgan fingerprint density at radius 3 is 2.83 bits per heavy atom. The Hall–Kier alpha value is -0.770. The summed E-state index contributed by atoms with van der Waals surface area (Å²) >= 11 is 5.88. The van der Waals surface area contributed by atoms with E-state index in [4.69, 9.17) is 11.6 Å². The molecule has 0 unspecified atom stereocenters. The fraction of sp³-hybridized carbons (Fsp3) is 0.462. The first-order chi connectivity index (χ1) is 8.16. The molecule has 1 heterocycles. The zero-order chi connectivity index (χ0) is 12.3. The van der Waals surface area contributed by atoms with Crippen molar-refractivity contribution in [1.82, 2.24) is 5.32 Å². The molecule has 2 rings (SSSR count). The van der Waals surface area contributed by atoms with Gasteiger partial charge in [-0.3, -0.25) is 4.79 Å². The van der Waals surface area contributed by atoms with E-state index in [0.717, 1.165) is 37.1 Å². The van der Waals surface area contributed by atoms with Crippen LogP contribution in [0.15, 0.2) is 18.2 Å². The van der Waals surface area contributed by atoms with Gasteiger partial charge in [-0.15, -0.1) is 12.4 Å². The predicted octanol–water partition coefficient (Wildman–Crippen LogP) is 3.15. The van der Waals surface area contributed by atoms with Crippen LogP contribution in [0.1, 0.15) is 24.8 Å². The molecule has 1 atom stereocenters. The number of hydrogen-bond acceptors (Lipinski definition) is 2. The molecule has 0 bridgehead atoms. The summed E-state index contributed by atoms with van der Waals surface area (Å²) in [6, 6.07) is 5.43. The lowest BCUT2D eigenvalue weighted by Gasteiger charge is -2.22. The predicted molar refractivity (Wildman–Crippen MR) is 77.7 cm³/mol. The number of halogens is 2. The number of nitrogens with one attached hydrogen (secondary N) is 2. The van der Waals surface area contributed by atoms with Crippen molar-refractivity contribution in [3.05, 3.63) is 28.8 Å². The van der Waals surface area contributed by atoms with Crippen LogP contribution in [-0.2, 0) is 4.79 Å². The maximum absolute atomic E-state index is 12.0. The van der Waals surface area contributed by atoms with Gasteiger partial charge in [-0.05, 0) is 50.1 Å². The van der Waals surface area contributed by atoms with Crippen molar-refractivity contribution in [3.8, 4) is 0 Å². The molecule has 1 aromatic rings. The van der Waals surface area contributed by atoms with Crippen LogP contribution in [0.3, 0.4) is 0 Å². The third kappa shape index (κ3) is 3.87. The van der Waals surface area contributed by atoms with E-state index in [0.29, 0.717) is 5.02 Å². The molecule has 1 fully saturated rings. The summed E-state index contributed by atoms with van der Waals surface area (Å²) in [5.41, 5.74) is 1.83. The smallest absolute Gasteiger partial charge is 0.241 e. The number of benzene rings is 1. The topological polar surface area (TPSA) is 41.1 Å². The first kappa shape index (κ1) is 15.3. The number of aryl methyl sites for hydroxylation is 1. The summed E-state index contributed by atoms with van der Waals surface area (Å²) in [6.45, 7) is 2.87. The van der Waals surface area contributed by atoms with Crippen molar-refractivity contribution < 1.29 is 4.79 Å². The maximum atomic E-state index is 12.0. The molecule has 100 valence electrons. The Balaban J connectivity index is 0.00000162. The van der Waals surface area contributed by atoms with Crippen molar-refractivity contribution in [1.29, 1.82) is 0 Å². The van der Waals surface area contributed by atoms with E-state index in [1.54, 1.807) is 6.07 Å². The maximum Gasteiger partial charge on any atom is 0.241 e. The van der Waals surface area contributed by atoms with E-state index in [1.807, 2.05) is 19.1 Å². The molecular weight excluding hydrogens is 271 g/mol. The SMILES string of the molecule is Cc1cc(Cl)ccc1NC(=O)[C@@H]1CCCCN1.Cl. The van der Waals surface area contributed by atoms with Gasteiger partial charge >= 0.3 is 0 Å². The van der Waals surface area contributed by atoms with Crippen LogP contribution in [0.2, 0.25) is 5.02 Å². The Morgan fingerprint density at radius 2 is 2.22 bits per heavy atom. The highest BCUT2D eigenvalue weighted by Crippen LogP contribution is 2.20. The van der Waals surface area contributed by atoms with Crippen molar-refractivity contribution in [2.75, 3.05) is 11.9 Å². The van der Waals surface area contributed by atoms with Gasteiger partial charge in [-0.25, -0.2) is 0 Å². The molecule has 0 radical (unpaired) electrons. The van der Waals surface area contributed by atoms with E-state index in [9.17, 15) is 4.79 Å². The third-order valence-electron chi connectivity index (χ3n) is 3.07. The standard InChI is InChI=1S/C13H17ClN2O.ClH/c1-9-8-10(14)5-6-11(9)16-13(17)12-4-2-3-7-15-12;/h5-6,8,12,15H,2-4,7H2,1H3,(H,16,17);1H/t12-;/m0./s1. The highest BCUT2D eigenvalue weighted by atomic mass is 35.5. The number of carbonyl (C=O) groups excluding carboxylic acids is 1. The minimum absolute atomic E-state index is 0. The summed E-state index contributed by atoms with van der Waals surface area (Å²) in [5, 5.41) is 6.87. The normalized spacial score (nSPS) is 18.9. The van der Waals surface area contributed by atoms with Gasteiger partial charge in [0, 0.05) is 10.7 Å². The summed E-state index contributed by atoms with van der Waals surface area (Å²) in [7, 11) is 0. The molecule has 0 spiro atoms. The van der Waals surface area contributed by atoms with Gasteiger partial charge in [0.05, 0.1) is 6.04 Å². The zero-order valence-corrected chi connectivity index (χ0v) is 11.9. The Kier molecular flexibility index (Phi) is 5.93. The van der Waals surface area contributed by atoms with Crippen molar-refractivity contribution in [2.45, 2.75) is 32.2 Å². The summed E-state index contributed by atoms with van der Waals surface area (Å²) in [4.78, 5) is 12.0. The van der Waals surface area contributed by atoms with Gasteiger partial charge in [0.2, 0.25) is 5.91 Å². The Morgan fingerprint density at radius 1 is 1.44 bits per heavy atom. The summed E-state index contributed by atoms with van der Waals surface area (Å²) < 4.78 is 0. The van der Waals surface area contributed by atoms with Crippen LogP contribution in [0, 0.1) is 6.92 Å². The zero-order valence-electron chi connectivity index (χ0n) is 10.3. The van der Waals surface area contributed by atoms with Gasteiger partial charge in [0.15, 0.2) is 0 Å². The largest absolute Gasteiger partial charge is 0.324 e. The summed E-state index contributed by atoms with van der Waals surface area (Å²) in [5.74, 6) is 0.0510. The average Bonchev–Trinajstić information content (AvgIpc) is 2.34. The second-order valence-electron chi connectivity index (χ2n) is 4.45. The molecule has 2 N–H and O–H groups in total. The van der Waals surface area contributed by atoms with Crippen molar-refractivity contribution >= 4 is 35.6 Å². The number of anilines is 1. The molecule has 5 heteroatoms. The van der Waals surface area contributed by atoms with Crippen LogP contribution >= 0.6 is 24.0 Å². The van der Waals surface area contributed by atoms with Crippen LogP contribution < -0.4 is 10.6 Å². The molecule has 1 amide bonds. The Bertz CT molecular complexity index is 417. The van der Waals surface area contributed by atoms with Gasteiger partial charge in [0.25, 0.3) is 0 Å². The van der Waals surface area contributed by atoms with Gasteiger partial charge in [-0.1, -0.05) is 18.0 Å². The lowest BCUT2D eigenvalue weighted by atomic mass is 10.0. The molecule has 3 nitrogen and oxygen atoms in total. The van der Waals surface area contributed by atoms with Crippen LogP contribution in [0.4, 0.5) is 5.69 Å². The van der Waals surface area contributed by atoms with Crippen LogP contribution in [0.5, 0.6) is 0 Å². The van der Waals surface area contributed by atoms with Gasteiger partial charge in [0.1, 0.15) is 0 Å². The molecule has 1 aromatic carbocycles. The lowest BCUT2D eigenvalue weighted by Crippen LogP contribution is -2.43. The van der Waals surface area contributed by atoms with E-state index >= 15 is 0 Å². The molecule has 0 saturated carbocycles. The van der Waals surface area contributed by atoms with Crippen molar-refractivity contribution in [3.63, 3.8) is 0 Å². The number of carbonyl (C=O) groups is 1. The molecule has 1 aliphatic heterocycles. The number of rotatable bonds is 2. The quantitative estimate of drug-likeness (QED) is 0.878. The van der Waals surface area contributed by atoms with Gasteiger partial charge in [-0.2, -0.15) is 0 Å². The minimum atomic E-state index is -0.0566. The monoisotopic (exact) mass is 288 g/mol. The van der Waals surface area contributed by atoms with Gasteiger partial charge < -0.3 is 10.6 Å². The lowest BCUT2D eigenvalue weighted by molar-refractivity contribution is -0.118. The first-order valence-corrected chi connectivity index (χ1v) is 6.35. The average molecular weight is 289 g/mol. The Labute approximate surface area is 119 Å². The molecule has 0 aromatic heterocycles. The van der Waals surface area contributed by atoms with E-state index < -0.39 is 0 Å². The number of amides is 1. The molecule has 0 aliphatic carbocycles. The van der Waals surface area contributed by atoms with Crippen LogP contribution in [-0.4, -0.2) is 18.5 Å². The van der Waals surface area contributed by atoms with E-state index in [-0.39, 0.29) is 24.4 Å². The molecular formula is C13H18Cl2N2O. The third-order valence-corrected chi connectivity index (χ3v) is 3.31. The van der Waals surface area contributed by atoms with Crippen LogP contribution in [0.25, 0.3) is 0 Å². The molecule has 18 heavy (non-hydrogen) atoms. The second kappa shape index (κ2) is 6.98. The minimum Gasteiger partial charge on any atom is -0.324 e. The van der Waals surface area contributed by atoms with Crippen molar-refractivity contribution in [2.24, 2.45) is 0 Å². The number of hydrogen-bond donors (Lipinski definition) is 2. The fourth-order valence-corrected chi connectivity index (χ4v) is 2.29. The van der Waals surface area contributed by atoms with E-state index in [2.05, 4.69) is 10.6 Å². The van der Waals surface area contributed by atoms with E-state index in [1.165, 1.54) is 0 Å². The molecule has 1 saturated heterocycles. The highest BCUT2D eigenvalue weighted by Gasteiger charge is 2.20. The first-order valence-electron chi connectivity index (χ1n) is 5.97. The highest BCUT2D eigenvalue weighted by molar-refractivity contribution is 6.30.